The number of rotatable bonds is 5. The number of furan rings is 1. The molecule has 2 N–H and O–H groups in total. The second-order valence-electron chi connectivity index (χ2n) is 4.24. The van der Waals surface area contributed by atoms with Gasteiger partial charge >= 0.3 is 0 Å². The Kier molecular flexibility index (Phi) is 4.01. The van der Waals surface area contributed by atoms with Gasteiger partial charge in [-0.15, -0.1) is 0 Å². The van der Waals surface area contributed by atoms with E-state index in [1.165, 1.54) is 42.9 Å². The molecule has 2 rings (SSSR count). The molecular formula is C13H16N2O4S. The molecule has 0 aliphatic carbocycles. The van der Waals surface area contributed by atoms with Gasteiger partial charge in [-0.3, -0.25) is 0 Å². The van der Waals surface area contributed by atoms with Crippen molar-refractivity contribution in [3.8, 4) is 5.75 Å². The highest BCUT2D eigenvalue weighted by Crippen LogP contribution is 2.26. The van der Waals surface area contributed by atoms with Crippen LogP contribution in [0.15, 0.2) is 45.9 Å². The number of hydrogen-bond acceptors (Lipinski definition) is 5. The summed E-state index contributed by atoms with van der Waals surface area (Å²) in [6, 6.07) is 7.79. The van der Waals surface area contributed by atoms with Crippen LogP contribution in [0.25, 0.3) is 0 Å². The van der Waals surface area contributed by atoms with Crippen LogP contribution >= 0.6 is 0 Å². The molecule has 0 atom stereocenters. The fraction of sp³-hybridized carbons (Fsp3) is 0.231. The zero-order chi connectivity index (χ0) is 14.8. The Labute approximate surface area is 117 Å². The predicted molar refractivity (Wildman–Crippen MR) is 74.8 cm³/mol. The van der Waals surface area contributed by atoms with E-state index in [1.807, 2.05) is 0 Å². The number of ether oxygens (including phenoxy) is 1. The maximum absolute atomic E-state index is 12.4. The van der Waals surface area contributed by atoms with Crippen LogP contribution in [0.2, 0.25) is 0 Å². The second kappa shape index (κ2) is 5.56. The Morgan fingerprint density at radius 2 is 2.10 bits per heavy atom. The van der Waals surface area contributed by atoms with Gasteiger partial charge in [-0.2, -0.15) is 4.31 Å². The van der Waals surface area contributed by atoms with Gasteiger partial charge in [-0.1, -0.05) is 0 Å². The second-order valence-corrected chi connectivity index (χ2v) is 6.29. The summed E-state index contributed by atoms with van der Waals surface area (Å²) in [5.41, 5.74) is 6.07. The molecule has 108 valence electrons. The summed E-state index contributed by atoms with van der Waals surface area (Å²) in [5, 5.41) is 0. The van der Waals surface area contributed by atoms with Crippen molar-refractivity contribution in [1.29, 1.82) is 0 Å². The Bertz CT molecular complexity index is 680. The van der Waals surface area contributed by atoms with Crippen LogP contribution in [0.3, 0.4) is 0 Å². The van der Waals surface area contributed by atoms with Crippen molar-refractivity contribution in [3.63, 3.8) is 0 Å². The average molecular weight is 296 g/mol. The van der Waals surface area contributed by atoms with E-state index in [0.29, 0.717) is 17.2 Å². The molecule has 0 amide bonds. The summed E-state index contributed by atoms with van der Waals surface area (Å²) in [4.78, 5) is 0.123. The van der Waals surface area contributed by atoms with Gasteiger partial charge < -0.3 is 14.9 Å². The minimum atomic E-state index is -3.63. The first-order chi connectivity index (χ1) is 9.45. The Morgan fingerprint density at radius 3 is 2.70 bits per heavy atom. The van der Waals surface area contributed by atoms with Crippen molar-refractivity contribution in [1.82, 2.24) is 4.31 Å². The summed E-state index contributed by atoms with van der Waals surface area (Å²) in [7, 11) is -0.701. The molecule has 0 saturated carbocycles. The molecule has 0 aliphatic rings. The molecule has 7 heteroatoms. The van der Waals surface area contributed by atoms with Crippen LogP contribution < -0.4 is 10.5 Å². The molecule has 1 aromatic carbocycles. The van der Waals surface area contributed by atoms with E-state index in [4.69, 9.17) is 14.9 Å². The van der Waals surface area contributed by atoms with Crippen LogP contribution in [0, 0.1) is 0 Å². The first-order valence-electron chi connectivity index (χ1n) is 5.87. The number of nitrogens with two attached hydrogens (primary N) is 1. The third-order valence-electron chi connectivity index (χ3n) is 2.87. The maximum Gasteiger partial charge on any atom is 0.243 e. The minimum absolute atomic E-state index is 0.123. The van der Waals surface area contributed by atoms with Crippen LogP contribution in [0.1, 0.15) is 5.76 Å². The van der Waals surface area contributed by atoms with Crippen LogP contribution in [-0.2, 0) is 16.6 Å². The largest absolute Gasteiger partial charge is 0.495 e. The van der Waals surface area contributed by atoms with Gasteiger partial charge in [-0.25, -0.2) is 8.42 Å². The fourth-order valence-corrected chi connectivity index (χ4v) is 2.89. The summed E-state index contributed by atoms with van der Waals surface area (Å²) in [6.07, 6.45) is 1.50. The van der Waals surface area contributed by atoms with E-state index in [-0.39, 0.29) is 11.4 Å². The third-order valence-corrected chi connectivity index (χ3v) is 4.67. The lowest BCUT2D eigenvalue weighted by Gasteiger charge is -2.16. The lowest BCUT2D eigenvalue weighted by atomic mass is 10.3. The van der Waals surface area contributed by atoms with Crippen molar-refractivity contribution in [2.45, 2.75) is 11.4 Å². The van der Waals surface area contributed by atoms with Gasteiger partial charge in [0.1, 0.15) is 11.5 Å². The Balaban J connectivity index is 2.29. The maximum atomic E-state index is 12.4. The molecule has 0 unspecified atom stereocenters. The van der Waals surface area contributed by atoms with Gasteiger partial charge in [0.25, 0.3) is 0 Å². The Morgan fingerprint density at radius 1 is 1.35 bits per heavy atom. The molecular weight excluding hydrogens is 280 g/mol. The summed E-state index contributed by atoms with van der Waals surface area (Å²) < 4.78 is 36.2. The van der Waals surface area contributed by atoms with E-state index < -0.39 is 10.0 Å². The molecule has 2 aromatic rings. The van der Waals surface area contributed by atoms with Crippen molar-refractivity contribution in [2.75, 3.05) is 19.9 Å². The number of methoxy groups -OCH3 is 1. The first-order valence-corrected chi connectivity index (χ1v) is 7.31. The van der Waals surface area contributed by atoms with E-state index in [9.17, 15) is 8.42 Å². The predicted octanol–water partition coefficient (Wildman–Crippen LogP) is 1.69. The monoisotopic (exact) mass is 296 g/mol. The van der Waals surface area contributed by atoms with E-state index >= 15 is 0 Å². The topological polar surface area (TPSA) is 85.8 Å². The smallest absolute Gasteiger partial charge is 0.243 e. The number of nitrogens with zero attached hydrogens (tertiary/aromatic N) is 1. The molecule has 0 bridgehead atoms. The van der Waals surface area contributed by atoms with Crippen LogP contribution in [0.5, 0.6) is 5.75 Å². The van der Waals surface area contributed by atoms with Crippen LogP contribution in [-0.4, -0.2) is 26.9 Å². The van der Waals surface area contributed by atoms with Crippen molar-refractivity contribution in [2.24, 2.45) is 0 Å². The lowest BCUT2D eigenvalue weighted by molar-refractivity contribution is 0.404. The molecule has 0 aliphatic heterocycles. The molecule has 20 heavy (non-hydrogen) atoms. The number of benzene rings is 1. The zero-order valence-corrected chi connectivity index (χ0v) is 12.1. The molecule has 1 heterocycles. The molecule has 1 aromatic heterocycles. The summed E-state index contributed by atoms with van der Waals surface area (Å²) in [5.74, 6) is 0.899. The molecule has 0 radical (unpaired) electrons. The van der Waals surface area contributed by atoms with Crippen LogP contribution in [0.4, 0.5) is 5.69 Å². The SMILES string of the molecule is COc1cc(S(=O)(=O)N(C)Cc2ccco2)ccc1N. The standard InChI is InChI=1S/C13H16N2O4S/c1-15(9-10-4-3-7-19-10)20(16,17)11-5-6-12(14)13(8-11)18-2/h3-8H,9,14H2,1-2H3. The highest BCUT2D eigenvalue weighted by Gasteiger charge is 2.22. The molecule has 6 nitrogen and oxygen atoms in total. The van der Waals surface area contributed by atoms with Gasteiger partial charge in [0, 0.05) is 13.1 Å². The third kappa shape index (κ3) is 2.78. The van der Waals surface area contributed by atoms with Gasteiger partial charge in [-0.05, 0) is 24.3 Å². The zero-order valence-electron chi connectivity index (χ0n) is 11.2. The highest BCUT2D eigenvalue weighted by molar-refractivity contribution is 7.89. The molecule has 0 saturated heterocycles. The fourth-order valence-electron chi connectivity index (χ4n) is 1.74. The quantitative estimate of drug-likeness (QED) is 0.849. The van der Waals surface area contributed by atoms with Crippen molar-refractivity contribution < 1.29 is 17.6 Å². The van der Waals surface area contributed by atoms with E-state index in [0.717, 1.165) is 0 Å². The summed E-state index contributed by atoms with van der Waals surface area (Å²) in [6.45, 7) is 0.155. The lowest BCUT2D eigenvalue weighted by Crippen LogP contribution is -2.26. The van der Waals surface area contributed by atoms with Crippen molar-refractivity contribution >= 4 is 15.7 Å². The highest BCUT2D eigenvalue weighted by atomic mass is 32.2. The Hall–Kier alpha value is -1.99. The number of hydrogen-bond donors (Lipinski definition) is 1. The van der Waals surface area contributed by atoms with Gasteiger partial charge in [0.2, 0.25) is 10.0 Å². The average Bonchev–Trinajstić information content (AvgIpc) is 2.91. The normalized spacial score (nSPS) is 11.8. The number of anilines is 1. The summed E-state index contributed by atoms with van der Waals surface area (Å²) >= 11 is 0. The van der Waals surface area contributed by atoms with E-state index in [2.05, 4.69) is 0 Å². The molecule has 0 spiro atoms. The number of nitrogen functional groups attached to an aromatic ring is 1. The molecule has 0 fully saturated rings. The number of sulfonamides is 1. The van der Waals surface area contributed by atoms with Gasteiger partial charge in [0.15, 0.2) is 0 Å². The van der Waals surface area contributed by atoms with Crippen molar-refractivity contribution in [3.05, 3.63) is 42.4 Å². The van der Waals surface area contributed by atoms with E-state index in [1.54, 1.807) is 12.1 Å². The first kappa shape index (κ1) is 14.4. The minimum Gasteiger partial charge on any atom is -0.495 e. The van der Waals surface area contributed by atoms with Gasteiger partial charge in [0.05, 0.1) is 30.5 Å².